The number of nitrogens with zero attached hydrogens (tertiary/aromatic N) is 2. The molecule has 0 spiro atoms. The quantitative estimate of drug-likeness (QED) is 0.712. The number of aromatic nitrogens is 1. The van der Waals surface area contributed by atoms with E-state index in [1.165, 1.54) is 12.1 Å². The predicted molar refractivity (Wildman–Crippen MR) is 102 cm³/mol. The molecule has 1 fully saturated rings. The molecule has 1 saturated carbocycles. The summed E-state index contributed by atoms with van der Waals surface area (Å²) in [5.74, 6) is 0.591. The zero-order chi connectivity index (χ0) is 19.3. The molecular formula is C21H28FN3O2. The van der Waals surface area contributed by atoms with Crippen molar-refractivity contribution in [1.82, 2.24) is 10.1 Å². The highest BCUT2D eigenvalue weighted by Gasteiger charge is 2.38. The Balaban J connectivity index is 1.39. The molecule has 0 aliphatic heterocycles. The van der Waals surface area contributed by atoms with Gasteiger partial charge in [0.05, 0.1) is 5.54 Å². The van der Waals surface area contributed by atoms with E-state index in [4.69, 9.17) is 10.3 Å². The van der Waals surface area contributed by atoms with Gasteiger partial charge in [-0.25, -0.2) is 4.39 Å². The van der Waals surface area contributed by atoms with E-state index in [9.17, 15) is 9.18 Å². The number of carbonyl (C=O) groups is 1. The monoisotopic (exact) mass is 373 g/mol. The summed E-state index contributed by atoms with van der Waals surface area (Å²) in [6.07, 6.45) is 7.35. The van der Waals surface area contributed by atoms with Gasteiger partial charge in [-0.1, -0.05) is 36.6 Å². The maximum absolute atomic E-state index is 13.3. The second kappa shape index (κ2) is 8.65. The molecule has 2 N–H and O–H groups in total. The Bertz CT molecular complexity index is 768. The SMILES string of the molecule is CN(CCCCCc1cc(-c2cccc(F)c2)no1)C(=O)C1(N)CCCC1. The number of halogens is 1. The third-order valence-corrected chi connectivity index (χ3v) is 5.36. The molecule has 0 saturated heterocycles. The van der Waals surface area contributed by atoms with Crippen LogP contribution in [0.4, 0.5) is 4.39 Å². The molecule has 1 aliphatic carbocycles. The van der Waals surface area contributed by atoms with Gasteiger partial charge in [0.1, 0.15) is 17.3 Å². The van der Waals surface area contributed by atoms with E-state index >= 15 is 0 Å². The van der Waals surface area contributed by atoms with Crippen molar-refractivity contribution in [1.29, 1.82) is 0 Å². The molecule has 0 bridgehead atoms. The Labute approximate surface area is 159 Å². The smallest absolute Gasteiger partial charge is 0.242 e. The molecule has 2 aromatic rings. The molecule has 3 rings (SSSR count). The van der Waals surface area contributed by atoms with E-state index in [2.05, 4.69) is 5.16 Å². The second-order valence-corrected chi connectivity index (χ2v) is 7.59. The van der Waals surface area contributed by atoms with Crippen LogP contribution in [0.3, 0.4) is 0 Å². The summed E-state index contributed by atoms with van der Waals surface area (Å²) in [7, 11) is 1.84. The fourth-order valence-electron chi connectivity index (χ4n) is 3.74. The minimum atomic E-state index is -0.637. The van der Waals surface area contributed by atoms with Crippen LogP contribution in [0, 0.1) is 5.82 Å². The minimum absolute atomic E-state index is 0.0787. The molecule has 5 nitrogen and oxygen atoms in total. The minimum Gasteiger partial charge on any atom is -0.361 e. The molecule has 1 aliphatic rings. The number of hydrogen-bond donors (Lipinski definition) is 1. The van der Waals surface area contributed by atoms with Crippen molar-refractivity contribution >= 4 is 5.91 Å². The van der Waals surface area contributed by atoms with E-state index in [0.717, 1.165) is 63.7 Å². The number of rotatable bonds is 8. The summed E-state index contributed by atoms with van der Waals surface area (Å²) in [6, 6.07) is 8.19. The van der Waals surface area contributed by atoms with Crippen LogP contribution in [0.5, 0.6) is 0 Å². The lowest BCUT2D eigenvalue weighted by Gasteiger charge is -2.28. The Morgan fingerprint density at radius 2 is 2.04 bits per heavy atom. The van der Waals surface area contributed by atoms with Gasteiger partial charge in [0.25, 0.3) is 0 Å². The zero-order valence-corrected chi connectivity index (χ0v) is 15.9. The maximum atomic E-state index is 13.3. The van der Waals surface area contributed by atoms with E-state index in [-0.39, 0.29) is 11.7 Å². The molecule has 1 aromatic heterocycles. The average Bonchev–Trinajstić information content (AvgIpc) is 3.30. The number of likely N-dealkylation sites (N-methyl/N-ethyl adjacent to an activating group) is 1. The van der Waals surface area contributed by atoms with Crippen LogP contribution in [-0.4, -0.2) is 35.1 Å². The summed E-state index contributed by atoms with van der Waals surface area (Å²) in [6.45, 7) is 0.725. The Morgan fingerprint density at radius 3 is 2.78 bits per heavy atom. The highest BCUT2D eigenvalue weighted by atomic mass is 19.1. The van der Waals surface area contributed by atoms with E-state index in [1.807, 2.05) is 19.2 Å². The number of amides is 1. The molecule has 1 amide bonds. The van der Waals surface area contributed by atoms with Crippen molar-refractivity contribution in [2.75, 3.05) is 13.6 Å². The Hall–Kier alpha value is -2.21. The lowest BCUT2D eigenvalue weighted by atomic mass is 9.97. The van der Waals surface area contributed by atoms with Crippen molar-refractivity contribution < 1.29 is 13.7 Å². The Kier molecular flexibility index (Phi) is 6.26. The van der Waals surface area contributed by atoms with E-state index < -0.39 is 5.54 Å². The number of hydrogen-bond acceptors (Lipinski definition) is 4. The lowest BCUT2D eigenvalue weighted by Crippen LogP contribution is -2.52. The standard InChI is InChI=1S/C21H28FN3O2/c1-25(20(26)21(23)11-4-5-12-21)13-6-2-3-10-18-15-19(24-27-18)16-8-7-9-17(22)14-16/h7-9,14-15H,2-6,10-13,23H2,1H3. The first-order valence-corrected chi connectivity index (χ1v) is 9.74. The van der Waals surface area contributed by atoms with Crippen LogP contribution in [0.1, 0.15) is 50.7 Å². The molecule has 27 heavy (non-hydrogen) atoms. The number of nitrogens with two attached hydrogens (primary N) is 1. The zero-order valence-electron chi connectivity index (χ0n) is 15.9. The molecule has 146 valence electrons. The number of carbonyl (C=O) groups excluding carboxylic acids is 1. The van der Waals surface area contributed by atoms with Gasteiger partial charge in [-0.15, -0.1) is 0 Å². The largest absolute Gasteiger partial charge is 0.361 e. The lowest BCUT2D eigenvalue weighted by molar-refractivity contribution is -0.135. The molecular weight excluding hydrogens is 345 g/mol. The van der Waals surface area contributed by atoms with E-state index in [0.29, 0.717) is 11.3 Å². The highest BCUT2D eigenvalue weighted by Crippen LogP contribution is 2.28. The van der Waals surface area contributed by atoms with Crippen molar-refractivity contribution in [3.8, 4) is 11.3 Å². The third-order valence-electron chi connectivity index (χ3n) is 5.36. The van der Waals surface area contributed by atoms with Crippen LogP contribution in [0.2, 0.25) is 0 Å². The second-order valence-electron chi connectivity index (χ2n) is 7.59. The van der Waals surface area contributed by atoms with Gasteiger partial charge in [-0.3, -0.25) is 4.79 Å². The Morgan fingerprint density at radius 1 is 1.26 bits per heavy atom. The van der Waals surface area contributed by atoms with Crippen LogP contribution in [0.15, 0.2) is 34.9 Å². The van der Waals surface area contributed by atoms with Gasteiger partial charge in [-0.2, -0.15) is 0 Å². The molecule has 0 unspecified atom stereocenters. The van der Waals surface area contributed by atoms with Crippen LogP contribution < -0.4 is 5.73 Å². The molecule has 0 atom stereocenters. The fraction of sp³-hybridized carbons (Fsp3) is 0.524. The fourth-order valence-corrected chi connectivity index (χ4v) is 3.74. The first-order valence-electron chi connectivity index (χ1n) is 9.74. The van der Waals surface area contributed by atoms with Crippen molar-refractivity contribution in [3.63, 3.8) is 0 Å². The number of aryl methyl sites for hydroxylation is 1. The first-order chi connectivity index (χ1) is 13.0. The summed E-state index contributed by atoms with van der Waals surface area (Å²) >= 11 is 0. The van der Waals surface area contributed by atoms with Gasteiger partial charge < -0.3 is 15.2 Å². The van der Waals surface area contributed by atoms with Crippen molar-refractivity contribution in [2.45, 2.75) is 56.9 Å². The summed E-state index contributed by atoms with van der Waals surface area (Å²) in [5.41, 5.74) is 6.97. The van der Waals surface area contributed by atoms with Gasteiger partial charge >= 0.3 is 0 Å². The molecule has 6 heteroatoms. The van der Waals surface area contributed by atoms with Gasteiger partial charge in [0.15, 0.2) is 0 Å². The summed E-state index contributed by atoms with van der Waals surface area (Å²) in [5, 5.41) is 4.02. The topological polar surface area (TPSA) is 72.4 Å². The van der Waals surface area contributed by atoms with Crippen LogP contribution in [0.25, 0.3) is 11.3 Å². The molecule has 1 heterocycles. The highest BCUT2D eigenvalue weighted by molar-refractivity contribution is 5.86. The normalized spacial score (nSPS) is 15.8. The average molecular weight is 373 g/mol. The van der Waals surface area contributed by atoms with Crippen LogP contribution >= 0.6 is 0 Å². The summed E-state index contributed by atoms with van der Waals surface area (Å²) < 4.78 is 18.6. The van der Waals surface area contributed by atoms with Gasteiger partial charge in [0.2, 0.25) is 5.91 Å². The van der Waals surface area contributed by atoms with E-state index in [1.54, 1.807) is 11.0 Å². The van der Waals surface area contributed by atoms with Gasteiger partial charge in [-0.05, 0) is 37.8 Å². The molecule has 0 radical (unpaired) electrons. The molecule has 1 aromatic carbocycles. The third kappa shape index (κ3) is 4.95. The van der Waals surface area contributed by atoms with Crippen LogP contribution in [-0.2, 0) is 11.2 Å². The summed E-state index contributed by atoms with van der Waals surface area (Å²) in [4.78, 5) is 14.2. The predicted octanol–water partition coefficient (Wildman–Crippen LogP) is 3.92. The maximum Gasteiger partial charge on any atom is 0.242 e. The number of unbranched alkanes of at least 4 members (excludes halogenated alkanes) is 2. The first kappa shape index (κ1) is 19.5. The number of benzene rings is 1. The van der Waals surface area contributed by atoms with Crippen molar-refractivity contribution in [3.05, 3.63) is 41.9 Å². The van der Waals surface area contributed by atoms with Crippen molar-refractivity contribution in [2.24, 2.45) is 5.73 Å². The van der Waals surface area contributed by atoms with Gasteiger partial charge in [0, 0.05) is 31.6 Å².